The number of anilines is 1. The van der Waals surface area contributed by atoms with Gasteiger partial charge in [0.05, 0.1) is 14.2 Å². The normalized spacial score (nSPS) is 10.2. The Bertz CT molecular complexity index is 581. The Kier molecular flexibility index (Phi) is 5.50. The molecule has 0 bridgehead atoms. The number of para-hydroxylation sites is 2. The summed E-state index contributed by atoms with van der Waals surface area (Å²) in [6.07, 6.45) is 2.22. The molecule has 3 heteroatoms. The zero-order chi connectivity index (χ0) is 15.1. The molecule has 2 aromatic carbocycles. The number of methoxy groups -OCH3 is 2. The van der Waals surface area contributed by atoms with Crippen LogP contribution in [0.25, 0.3) is 0 Å². The maximum absolute atomic E-state index is 5.47. The van der Waals surface area contributed by atoms with Gasteiger partial charge in [-0.05, 0) is 24.1 Å². The largest absolute Gasteiger partial charge is 0.493 e. The fourth-order valence-electron chi connectivity index (χ4n) is 2.46. The zero-order valence-electron chi connectivity index (χ0n) is 13.0. The second-order valence-electron chi connectivity index (χ2n) is 4.91. The highest BCUT2D eigenvalue weighted by atomic mass is 16.5. The molecular formula is C18H23NO2. The van der Waals surface area contributed by atoms with Gasteiger partial charge in [0.25, 0.3) is 0 Å². The minimum absolute atomic E-state index is 0.709. The molecule has 0 aliphatic heterocycles. The number of hydrogen-bond donors (Lipinski definition) is 1. The van der Waals surface area contributed by atoms with Gasteiger partial charge in [0.1, 0.15) is 0 Å². The van der Waals surface area contributed by atoms with Crippen molar-refractivity contribution in [1.82, 2.24) is 0 Å². The first-order valence-corrected chi connectivity index (χ1v) is 7.31. The first kappa shape index (κ1) is 15.2. The number of benzene rings is 2. The van der Waals surface area contributed by atoms with E-state index in [0.717, 1.165) is 29.9 Å². The van der Waals surface area contributed by atoms with Crippen molar-refractivity contribution in [3.05, 3.63) is 53.6 Å². The number of nitrogens with one attached hydrogen (secondary N) is 1. The molecule has 0 unspecified atom stereocenters. The molecule has 0 aliphatic rings. The van der Waals surface area contributed by atoms with Gasteiger partial charge in [-0.1, -0.05) is 43.7 Å². The summed E-state index contributed by atoms with van der Waals surface area (Å²) in [4.78, 5) is 0. The molecule has 0 amide bonds. The fraction of sp³-hybridized carbons (Fsp3) is 0.333. The lowest BCUT2D eigenvalue weighted by Crippen LogP contribution is -2.04. The van der Waals surface area contributed by atoms with Crippen molar-refractivity contribution in [1.29, 1.82) is 0 Å². The SMILES string of the molecule is CCCc1ccccc1NCc1cccc(OC)c1OC. The van der Waals surface area contributed by atoms with Gasteiger partial charge in [-0.25, -0.2) is 0 Å². The van der Waals surface area contributed by atoms with E-state index in [1.807, 2.05) is 12.1 Å². The lowest BCUT2D eigenvalue weighted by Gasteiger charge is -2.15. The number of hydrogen-bond acceptors (Lipinski definition) is 3. The minimum Gasteiger partial charge on any atom is -0.493 e. The molecule has 21 heavy (non-hydrogen) atoms. The Balaban J connectivity index is 2.17. The summed E-state index contributed by atoms with van der Waals surface area (Å²) in [5.41, 5.74) is 3.62. The van der Waals surface area contributed by atoms with E-state index in [-0.39, 0.29) is 0 Å². The third-order valence-electron chi connectivity index (χ3n) is 3.49. The Morgan fingerprint density at radius 1 is 0.905 bits per heavy atom. The van der Waals surface area contributed by atoms with Crippen molar-refractivity contribution in [3.8, 4) is 11.5 Å². The highest BCUT2D eigenvalue weighted by Gasteiger charge is 2.09. The smallest absolute Gasteiger partial charge is 0.165 e. The lowest BCUT2D eigenvalue weighted by atomic mass is 10.1. The third kappa shape index (κ3) is 3.69. The molecule has 0 atom stereocenters. The summed E-state index contributed by atoms with van der Waals surface area (Å²) in [7, 11) is 3.33. The van der Waals surface area contributed by atoms with Gasteiger partial charge >= 0.3 is 0 Å². The monoisotopic (exact) mass is 285 g/mol. The van der Waals surface area contributed by atoms with Crippen molar-refractivity contribution < 1.29 is 9.47 Å². The van der Waals surface area contributed by atoms with Crippen molar-refractivity contribution in [2.45, 2.75) is 26.3 Å². The van der Waals surface area contributed by atoms with Crippen molar-refractivity contribution in [2.75, 3.05) is 19.5 Å². The summed E-state index contributed by atoms with van der Waals surface area (Å²) in [6.45, 7) is 2.91. The molecule has 2 rings (SSSR count). The van der Waals surface area contributed by atoms with Crippen LogP contribution in [-0.2, 0) is 13.0 Å². The quantitative estimate of drug-likeness (QED) is 0.824. The summed E-state index contributed by atoms with van der Waals surface area (Å²) >= 11 is 0. The van der Waals surface area contributed by atoms with E-state index in [2.05, 4.69) is 42.6 Å². The molecule has 112 valence electrons. The summed E-state index contributed by atoms with van der Waals surface area (Å²) in [5.74, 6) is 1.55. The van der Waals surface area contributed by atoms with Crippen LogP contribution in [-0.4, -0.2) is 14.2 Å². The first-order valence-electron chi connectivity index (χ1n) is 7.31. The Morgan fingerprint density at radius 3 is 2.38 bits per heavy atom. The molecule has 0 spiro atoms. The van der Waals surface area contributed by atoms with Crippen LogP contribution in [0.4, 0.5) is 5.69 Å². The summed E-state index contributed by atoms with van der Waals surface area (Å²) < 4.78 is 10.8. The van der Waals surface area contributed by atoms with Crippen LogP contribution in [0, 0.1) is 0 Å². The van der Waals surface area contributed by atoms with Crippen molar-refractivity contribution in [2.24, 2.45) is 0 Å². The number of rotatable bonds is 7. The van der Waals surface area contributed by atoms with Gasteiger partial charge in [-0.3, -0.25) is 0 Å². The third-order valence-corrected chi connectivity index (χ3v) is 3.49. The average molecular weight is 285 g/mol. The van der Waals surface area contributed by atoms with Gasteiger partial charge in [-0.2, -0.15) is 0 Å². The van der Waals surface area contributed by atoms with Crippen LogP contribution in [0.5, 0.6) is 11.5 Å². The van der Waals surface area contributed by atoms with Crippen LogP contribution in [0.3, 0.4) is 0 Å². The topological polar surface area (TPSA) is 30.5 Å². The number of aryl methyl sites for hydroxylation is 1. The predicted octanol–water partition coefficient (Wildman–Crippen LogP) is 4.27. The van der Waals surface area contributed by atoms with Crippen LogP contribution < -0.4 is 14.8 Å². The predicted molar refractivity (Wildman–Crippen MR) is 87.3 cm³/mol. The molecule has 0 aromatic heterocycles. The highest BCUT2D eigenvalue weighted by Crippen LogP contribution is 2.31. The summed E-state index contributed by atoms with van der Waals surface area (Å²) in [5, 5.41) is 3.50. The van der Waals surface area contributed by atoms with Gasteiger partial charge < -0.3 is 14.8 Å². The van der Waals surface area contributed by atoms with Crippen LogP contribution in [0.1, 0.15) is 24.5 Å². The van der Waals surface area contributed by atoms with Crippen molar-refractivity contribution in [3.63, 3.8) is 0 Å². The molecule has 0 heterocycles. The maximum atomic E-state index is 5.47. The molecule has 3 nitrogen and oxygen atoms in total. The van der Waals surface area contributed by atoms with Gasteiger partial charge in [0.2, 0.25) is 0 Å². The maximum Gasteiger partial charge on any atom is 0.165 e. The van der Waals surface area contributed by atoms with Crippen molar-refractivity contribution >= 4 is 5.69 Å². The summed E-state index contributed by atoms with van der Waals surface area (Å²) in [6, 6.07) is 14.4. The van der Waals surface area contributed by atoms with Crippen LogP contribution >= 0.6 is 0 Å². The standard InChI is InChI=1S/C18H23NO2/c1-4-8-14-9-5-6-11-16(14)19-13-15-10-7-12-17(20-2)18(15)21-3/h5-7,9-12,19H,4,8,13H2,1-3H3. The fourth-order valence-corrected chi connectivity index (χ4v) is 2.46. The van der Waals surface area contributed by atoms with E-state index in [1.54, 1.807) is 14.2 Å². The van der Waals surface area contributed by atoms with E-state index in [1.165, 1.54) is 11.3 Å². The molecule has 0 saturated carbocycles. The highest BCUT2D eigenvalue weighted by molar-refractivity contribution is 5.53. The minimum atomic E-state index is 0.709. The number of ether oxygens (including phenoxy) is 2. The Labute approximate surface area is 126 Å². The molecule has 0 fully saturated rings. The molecule has 0 aliphatic carbocycles. The Morgan fingerprint density at radius 2 is 1.67 bits per heavy atom. The van der Waals surface area contributed by atoms with E-state index in [0.29, 0.717) is 6.54 Å². The van der Waals surface area contributed by atoms with E-state index in [4.69, 9.17) is 9.47 Å². The molecular weight excluding hydrogens is 262 g/mol. The first-order chi connectivity index (χ1) is 10.3. The van der Waals surface area contributed by atoms with E-state index in [9.17, 15) is 0 Å². The van der Waals surface area contributed by atoms with Gasteiger partial charge in [-0.15, -0.1) is 0 Å². The second-order valence-corrected chi connectivity index (χ2v) is 4.91. The van der Waals surface area contributed by atoms with Crippen LogP contribution in [0.15, 0.2) is 42.5 Å². The second kappa shape index (κ2) is 7.58. The Hall–Kier alpha value is -2.16. The van der Waals surface area contributed by atoms with E-state index >= 15 is 0 Å². The molecule has 0 radical (unpaired) electrons. The molecule has 0 saturated heterocycles. The molecule has 1 N–H and O–H groups in total. The van der Waals surface area contributed by atoms with Crippen LogP contribution in [0.2, 0.25) is 0 Å². The zero-order valence-corrected chi connectivity index (χ0v) is 13.0. The van der Waals surface area contributed by atoms with E-state index < -0.39 is 0 Å². The average Bonchev–Trinajstić information content (AvgIpc) is 2.53. The lowest BCUT2D eigenvalue weighted by molar-refractivity contribution is 0.352. The van der Waals surface area contributed by atoms with Gasteiger partial charge in [0.15, 0.2) is 11.5 Å². The molecule has 2 aromatic rings. The van der Waals surface area contributed by atoms with Gasteiger partial charge in [0, 0.05) is 17.8 Å².